The Morgan fingerprint density at radius 3 is 2.64 bits per heavy atom. The van der Waals surface area contributed by atoms with Gasteiger partial charge in [-0.1, -0.05) is 25.4 Å². The summed E-state index contributed by atoms with van der Waals surface area (Å²) in [6.45, 7) is 5.36. The Balaban J connectivity index is 2.50. The maximum Gasteiger partial charge on any atom is 0.345 e. The third-order valence-corrected chi connectivity index (χ3v) is 3.51. The Morgan fingerprint density at radius 1 is 1.36 bits per heavy atom. The first-order valence-electron chi connectivity index (χ1n) is 7.30. The van der Waals surface area contributed by atoms with Gasteiger partial charge in [0.05, 0.1) is 5.52 Å². The molecule has 0 radical (unpaired) electrons. The highest BCUT2D eigenvalue weighted by Crippen LogP contribution is 2.26. The maximum atomic E-state index is 12.7. The zero-order valence-corrected chi connectivity index (χ0v) is 13.4. The second kappa shape index (κ2) is 7.26. The minimum atomic E-state index is -0.213. The molecule has 1 N–H and O–H groups in total. The van der Waals surface area contributed by atoms with Gasteiger partial charge >= 0.3 is 6.03 Å². The van der Waals surface area contributed by atoms with E-state index in [4.69, 9.17) is 11.6 Å². The van der Waals surface area contributed by atoms with Crippen molar-refractivity contribution in [2.75, 3.05) is 18.4 Å². The molecule has 0 saturated heterocycles. The number of carbonyl (C=O) groups is 2. The van der Waals surface area contributed by atoms with E-state index in [-0.39, 0.29) is 6.03 Å². The molecule has 0 fully saturated rings. The van der Waals surface area contributed by atoms with Crippen LogP contribution in [0.1, 0.15) is 26.7 Å². The molecule has 0 aliphatic heterocycles. The summed E-state index contributed by atoms with van der Waals surface area (Å²) in [5, 5.41) is 7.94. The van der Waals surface area contributed by atoms with Gasteiger partial charge in [0.1, 0.15) is 0 Å². The molecule has 2 rings (SSSR count). The number of hydrogen-bond acceptors (Lipinski definition) is 3. The van der Waals surface area contributed by atoms with Gasteiger partial charge in [0.2, 0.25) is 6.41 Å². The number of carbonyl (C=O) groups excluding carboxylic acids is 2. The predicted octanol–water partition coefficient (Wildman–Crippen LogP) is 3.35. The van der Waals surface area contributed by atoms with E-state index < -0.39 is 0 Å². The van der Waals surface area contributed by atoms with E-state index in [9.17, 15) is 9.59 Å². The van der Waals surface area contributed by atoms with E-state index in [0.29, 0.717) is 41.2 Å². The van der Waals surface area contributed by atoms with Crippen LogP contribution >= 0.6 is 11.6 Å². The fourth-order valence-corrected chi connectivity index (χ4v) is 2.54. The normalized spacial score (nSPS) is 10.7. The summed E-state index contributed by atoms with van der Waals surface area (Å²) in [6.07, 6.45) is 2.28. The van der Waals surface area contributed by atoms with Crippen molar-refractivity contribution in [1.82, 2.24) is 14.7 Å². The SMILES string of the molecule is CCCN(CCC)C(=O)n1nc(NC=O)c2ccc(Cl)cc21. The Labute approximate surface area is 134 Å². The fourth-order valence-electron chi connectivity index (χ4n) is 2.37. The number of anilines is 1. The lowest BCUT2D eigenvalue weighted by atomic mass is 10.2. The van der Waals surface area contributed by atoms with Gasteiger partial charge in [-0.05, 0) is 31.0 Å². The highest BCUT2D eigenvalue weighted by molar-refractivity contribution is 6.31. The minimum Gasteiger partial charge on any atom is -0.323 e. The number of rotatable bonds is 6. The molecule has 0 bridgehead atoms. The largest absolute Gasteiger partial charge is 0.345 e. The number of nitrogens with one attached hydrogen (secondary N) is 1. The van der Waals surface area contributed by atoms with Gasteiger partial charge in [0.25, 0.3) is 0 Å². The molecule has 0 aliphatic rings. The Hall–Kier alpha value is -2.08. The monoisotopic (exact) mass is 322 g/mol. The Kier molecular flexibility index (Phi) is 5.38. The lowest BCUT2D eigenvalue weighted by molar-refractivity contribution is -0.105. The number of aromatic nitrogens is 2. The average Bonchev–Trinajstić information content (AvgIpc) is 2.84. The average molecular weight is 323 g/mol. The molecule has 7 heteroatoms. The molecule has 2 amide bonds. The number of hydrogen-bond donors (Lipinski definition) is 1. The molecule has 6 nitrogen and oxygen atoms in total. The summed E-state index contributed by atoms with van der Waals surface area (Å²) in [6, 6.07) is 4.90. The van der Waals surface area contributed by atoms with Crippen molar-refractivity contribution in [1.29, 1.82) is 0 Å². The number of benzene rings is 1. The smallest absolute Gasteiger partial charge is 0.323 e. The summed E-state index contributed by atoms with van der Waals surface area (Å²) in [5.41, 5.74) is 0.582. The molecular weight excluding hydrogens is 304 g/mol. The molecule has 2 aromatic rings. The van der Waals surface area contributed by atoms with E-state index in [0.717, 1.165) is 12.8 Å². The summed E-state index contributed by atoms with van der Waals surface area (Å²) in [5.74, 6) is 0.350. The third kappa shape index (κ3) is 3.22. The van der Waals surface area contributed by atoms with Crippen LogP contribution in [0.15, 0.2) is 18.2 Å². The molecule has 118 valence electrons. The van der Waals surface area contributed by atoms with Crippen LogP contribution in [0.4, 0.5) is 10.6 Å². The number of fused-ring (bicyclic) bond motifs is 1. The van der Waals surface area contributed by atoms with Crippen molar-refractivity contribution in [2.45, 2.75) is 26.7 Å². The molecule has 22 heavy (non-hydrogen) atoms. The van der Waals surface area contributed by atoms with Crippen LogP contribution in [0.5, 0.6) is 0 Å². The van der Waals surface area contributed by atoms with Crippen LogP contribution in [0.2, 0.25) is 5.02 Å². The van der Waals surface area contributed by atoms with Crippen molar-refractivity contribution >= 4 is 40.8 Å². The lowest BCUT2D eigenvalue weighted by Crippen LogP contribution is -2.36. The lowest BCUT2D eigenvalue weighted by Gasteiger charge is -2.21. The highest BCUT2D eigenvalue weighted by Gasteiger charge is 2.20. The van der Waals surface area contributed by atoms with Crippen LogP contribution in [-0.4, -0.2) is 40.2 Å². The molecule has 0 unspecified atom stereocenters. The van der Waals surface area contributed by atoms with Crippen LogP contribution in [0, 0.1) is 0 Å². The van der Waals surface area contributed by atoms with Crippen molar-refractivity contribution < 1.29 is 9.59 Å². The van der Waals surface area contributed by atoms with Gasteiger partial charge in [-0.2, -0.15) is 4.68 Å². The molecule has 1 heterocycles. The van der Waals surface area contributed by atoms with Crippen LogP contribution < -0.4 is 5.32 Å². The minimum absolute atomic E-state index is 0.213. The zero-order valence-electron chi connectivity index (χ0n) is 12.7. The van der Waals surface area contributed by atoms with Crippen molar-refractivity contribution in [3.05, 3.63) is 23.2 Å². The summed E-state index contributed by atoms with van der Waals surface area (Å²) < 4.78 is 1.30. The summed E-state index contributed by atoms with van der Waals surface area (Å²) in [4.78, 5) is 25.2. The van der Waals surface area contributed by atoms with E-state index >= 15 is 0 Å². The van der Waals surface area contributed by atoms with Crippen LogP contribution in [0.3, 0.4) is 0 Å². The second-order valence-electron chi connectivity index (χ2n) is 4.95. The van der Waals surface area contributed by atoms with Gasteiger partial charge in [0, 0.05) is 23.5 Å². The number of halogens is 1. The third-order valence-electron chi connectivity index (χ3n) is 3.28. The van der Waals surface area contributed by atoms with Crippen molar-refractivity contribution in [2.24, 2.45) is 0 Å². The fraction of sp³-hybridized carbons (Fsp3) is 0.400. The second-order valence-corrected chi connectivity index (χ2v) is 5.39. The van der Waals surface area contributed by atoms with E-state index in [1.807, 2.05) is 13.8 Å². The molecule has 1 aromatic carbocycles. The Morgan fingerprint density at radius 2 is 2.05 bits per heavy atom. The first-order chi connectivity index (χ1) is 10.6. The van der Waals surface area contributed by atoms with Gasteiger partial charge in [-0.25, -0.2) is 4.79 Å². The standard InChI is InChI=1S/C15H19ClN4O2/c1-3-7-19(8-4-2)15(22)20-13-9-11(16)5-6-12(13)14(18-20)17-10-21/h5-6,9-10H,3-4,7-8H2,1-2H3,(H,17,18,21). The van der Waals surface area contributed by atoms with Crippen molar-refractivity contribution in [3.8, 4) is 0 Å². The van der Waals surface area contributed by atoms with Gasteiger partial charge in [-0.15, -0.1) is 5.10 Å². The molecule has 0 spiro atoms. The first kappa shape index (κ1) is 16.3. The molecule has 0 saturated carbocycles. The maximum absolute atomic E-state index is 12.7. The molecular formula is C15H19ClN4O2. The van der Waals surface area contributed by atoms with E-state index in [1.165, 1.54) is 4.68 Å². The molecule has 0 atom stereocenters. The summed E-state index contributed by atoms with van der Waals surface area (Å²) in [7, 11) is 0. The summed E-state index contributed by atoms with van der Waals surface area (Å²) >= 11 is 6.03. The van der Waals surface area contributed by atoms with Gasteiger partial charge in [-0.3, -0.25) is 4.79 Å². The zero-order chi connectivity index (χ0) is 16.1. The number of amides is 2. The molecule has 0 aliphatic carbocycles. The molecule has 1 aromatic heterocycles. The van der Waals surface area contributed by atoms with Crippen LogP contribution in [-0.2, 0) is 4.79 Å². The Bertz CT molecular complexity index is 677. The highest BCUT2D eigenvalue weighted by atomic mass is 35.5. The van der Waals surface area contributed by atoms with Crippen molar-refractivity contribution in [3.63, 3.8) is 0 Å². The quantitative estimate of drug-likeness (QED) is 0.829. The first-order valence-corrected chi connectivity index (χ1v) is 7.67. The van der Waals surface area contributed by atoms with E-state index in [2.05, 4.69) is 10.4 Å². The topological polar surface area (TPSA) is 67.2 Å². The number of nitrogens with zero attached hydrogens (tertiary/aromatic N) is 3. The van der Waals surface area contributed by atoms with E-state index in [1.54, 1.807) is 23.1 Å². The van der Waals surface area contributed by atoms with Crippen LogP contribution in [0.25, 0.3) is 10.9 Å². The van der Waals surface area contributed by atoms with Gasteiger partial charge in [0.15, 0.2) is 5.82 Å². The van der Waals surface area contributed by atoms with Gasteiger partial charge < -0.3 is 10.2 Å². The predicted molar refractivity (Wildman–Crippen MR) is 87.4 cm³/mol.